The standard InChI is InChI=1S/C19H22N2O5/c1-2-3-9-21-17(23)12-8-7-11(10-14(12)18(21)24)16(22)20-15-6-4-5-13(15)19(25)26/h7-8,10,13,15H,2-6,9H2,1H3,(H,20,22)(H,25,26)/t13-,15+/m0/s1. The number of carbonyl (C=O) groups excluding carboxylic acids is 3. The zero-order valence-corrected chi connectivity index (χ0v) is 14.7. The quantitative estimate of drug-likeness (QED) is 0.758. The Bertz CT molecular complexity index is 773. The lowest BCUT2D eigenvalue weighted by atomic mass is 10.0. The summed E-state index contributed by atoms with van der Waals surface area (Å²) in [6.45, 7) is 2.35. The van der Waals surface area contributed by atoms with Gasteiger partial charge in [0.25, 0.3) is 17.7 Å². The summed E-state index contributed by atoms with van der Waals surface area (Å²) in [5.74, 6) is -2.61. The molecule has 0 aromatic heterocycles. The van der Waals surface area contributed by atoms with E-state index in [9.17, 15) is 24.3 Å². The first-order valence-corrected chi connectivity index (χ1v) is 8.98. The van der Waals surface area contributed by atoms with Crippen LogP contribution in [0.3, 0.4) is 0 Å². The number of carboxylic acid groups (broad SMARTS) is 1. The van der Waals surface area contributed by atoms with Crippen LogP contribution in [-0.4, -0.2) is 46.3 Å². The Kier molecular flexibility index (Phi) is 5.06. The normalized spacial score (nSPS) is 21.8. The van der Waals surface area contributed by atoms with Gasteiger partial charge < -0.3 is 10.4 Å². The minimum absolute atomic E-state index is 0.236. The molecule has 0 unspecified atom stereocenters. The highest BCUT2D eigenvalue weighted by molar-refractivity contribution is 6.22. The zero-order valence-electron chi connectivity index (χ0n) is 14.7. The number of fused-ring (bicyclic) bond motifs is 1. The van der Waals surface area contributed by atoms with E-state index in [0.717, 1.165) is 19.3 Å². The minimum atomic E-state index is -0.908. The van der Waals surface area contributed by atoms with Gasteiger partial charge in [-0.25, -0.2) is 0 Å². The molecule has 0 radical (unpaired) electrons. The van der Waals surface area contributed by atoms with Gasteiger partial charge >= 0.3 is 5.97 Å². The zero-order chi connectivity index (χ0) is 18.8. The van der Waals surface area contributed by atoms with Crippen molar-refractivity contribution in [3.05, 3.63) is 34.9 Å². The molecule has 2 aliphatic rings. The van der Waals surface area contributed by atoms with E-state index in [2.05, 4.69) is 5.32 Å². The van der Waals surface area contributed by atoms with Crippen molar-refractivity contribution < 1.29 is 24.3 Å². The lowest BCUT2D eigenvalue weighted by Gasteiger charge is -2.17. The third-order valence-electron chi connectivity index (χ3n) is 5.12. The Labute approximate surface area is 151 Å². The van der Waals surface area contributed by atoms with Gasteiger partial charge in [0.1, 0.15) is 0 Å². The Hall–Kier alpha value is -2.70. The number of carbonyl (C=O) groups is 4. The Balaban J connectivity index is 1.77. The summed E-state index contributed by atoms with van der Waals surface area (Å²) in [4.78, 5) is 49.8. The van der Waals surface area contributed by atoms with Crippen LogP contribution in [-0.2, 0) is 4.79 Å². The first-order valence-electron chi connectivity index (χ1n) is 8.98. The molecule has 7 nitrogen and oxygen atoms in total. The van der Waals surface area contributed by atoms with E-state index < -0.39 is 23.8 Å². The molecule has 7 heteroatoms. The molecule has 1 fully saturated rings. The monoisotopic (exact) mass is 358 g/mol. The maximum absolute atomic E-state index is 12.5. The predicted octanol–water partition coefficient (Wildman–Crippen LogP) is 2.07. The average molecular weight is 358 g/mol. The van der Waals surface area contributed by atoms with Crippen LogP contribution in [0.5, 0.6) is 0 Å². The van der Waals surface area contributed by atoms with Crippen LogP contribution < -0.4 is 5.32 Å². The molecule has 1 aromatic rings. The lowest BCUT2D eigenvalue weighted by molar-refractivity contribution is -0.142. The molecular weight excluding hydrogens is 336 g/mol. The molecule has 2 N–H and O–H groups in total. The van der Waals surface area contributed by atoms with Crippen molar-refractivity contribution >= 4 is 23.7 Å². The van der Waals surface area contributed by atoms with Crippen molar-refractivity contribution in [1.82, 2.24) is 10.2 Å². The maximum Gasteiger partial charge on any atom is 0.308 e. The highest BCUT2D eigenvalue weighted by atomic mass is 16.4. The van der Waals surface area contributed by atoms with E-state index in [0.29, 0.717) is 24.9 Å². The Morgan fingerprint density at radius 3 is 2.62 bits per heavy atom. The first-order chi connectivity index (χ1) is 12.4. The van der Waals surface area contributed by atoms with Crippen LogP contribution in [0.25, 0.3) is 0 Å². The van der Waals surface area contributed by atoms with E-state index in [1.165, 1.54) is 23.1 Å². The average Bonchev–Trinajstić information content (AvgIpc) is 3.17. The second-order valence-electron chi connectivity index (χ2n) is 6.83. The van der Waals surface area contributed by atoms with Crippen molar-refractivity contribution in [3.8, 4) is 0 Å². The fraction of sp³-hybridized carbons (Fsp3) is 0.474. The summed E-state index contributed by atoms with van der Waals surface area (Å²) in [6.07, 6.45) is 3.52. The molecule has 1 aliphatic carbocycles. The van der Waals surface area contributed by atoms with Crippen molar-refractivity contribution in [3.63, 3.8) is 0 Å². The number of nitrogens with zero attached hydrogens (tertiary/aromatic N) is 1. The van der Waals surface area contributed by atoms with E-state index in [1.54, 1.807) is 0 Å². The fourth-order valence-corrected chi connectivity index (χ4v) is 3.63. The number of hydrogen-bond donors (Lipinski definition) is 2. The fourth-order valence-electron chi connectivity index (χ4n) is 3.63. The number of hydrogen-bond acceptors (Lipinski definition) is 4. The van der Waals surface area contributed by atoms with Crippen molar-refractivity contribution in [2.75, 3.05) is 6.54 Å². The number of benzene rings is 1. The minimum Gasteiger partial charge on any atom is -0.481 e. The van der Waals surface area contributed by atoms with Crippen LogP contribution >= 0.6 is 0 Å². The number of amides is 3. The van der Waals surface area contributed by atoms with Gasteiger partial charge in [0, 0.05) is 18.2 Å². The smallest absolute Gasteiger partial charge is 0.308 e. The molecule has 138 valence electrons. The summed E-state index contributed by atoms with van der Waals surface area (Å²) in [5.41, 5.74) is 0.810. The van der Waals surface area contributed by atoms with Gasteiger partial charge in [0.05, 0.1) is 17.0 Å². The number of rotatable bonds is 6. The van der Waals surface area contributed by atoms with Gasteiger partial charge in [0.2, 0.25) is 0 Å². The summed E-state index contributed by atoms with van der Waals surface area (Å²) < 4.78 is 0. The summed E-state index contributed by atoms with van der Waals surface area (Å²) in [6, 6.07) is 4.03. The van der Waals surface area contributed by atoms with Gasteiger partial charge in [-0.15, -0.1) is 0 Å². The number of nitrogens with one attached hydrogen (secondary N) is 1. The molecule has 0 saturated heterocycles. The second kappa shape index (κ2) is 7.27. The Morgan fingerprint density at radius 2 is 1.92 bits per heavy atom. The number of aliphatic carboxylic acids is 1. The van der Waals surface area contributed by atoms with Gasteiger partial charge in [-0.3, -0.25) is 24.1 Å². The van der Waals surface area contributed by atoms with Crippen LogP contribution in [0.15, 0.2) is 18.2 Å². The van der Waals surface area contributed by atoms with Crippen LogP contribution in [0, 0.1) is 5.92 Å². The van der Waals surface area contributed by atoms with Crippen LogP contribution in [0.4, 0.5) is 0 Å². The molecule has 0 spiro atoms. The molecule has 26 heavy (non-hydrogen) atoms. The van der Waals surface area contributed by atoms with Crippen LogP contribution in [0.1, 0.15) is 70.1 Å². The van der Waals surface area contributed by atoms with Gasteiger partial charge in [-0.05, 0) is 37.5 Å². The van der Waals surface area contributed by atoms with E-state index in [1.807, 2.05) is 6.92 Å². The highest BCUT2D eigenvalue weighted by Crippen LogP contribution is 2.27. The van der Waals surface area contributed by atoms with E-state index in [-0.39, 0.29) is 22.9 Å². The molecule has 1 saturated carbocycles. The van der Waals surface area contributed by atoms with E-state index >= 15 is 0 Å². The largest absolute Gasteiger partial charge is 0.481 e. The molecule has 1 aromatic carbocycles. The molecule has 0 bridgehead atoms. The van der Waals surface area contributed by atoms with Crippen LogP contribution in [0.2, 0.25) is 0 Å². The topological polar surface area (TPSA) is 104 Å². The van der Waals surface area contributed by atoms with Gasteiger partial charge in [-0.2, -0.15) is 0 Å². The molecule has 1 aliphatic heterocycles. The molecule has 3 rings (SSSR count). The van der Waals surface area contributed by atoms with Crippen molar-refractivity contribution in [1.29, 1.82) is 0 Å². The second-order valence-corrected chi connectivity index (χ2v) is 6.83. The third-order valence-corrected chi connectivity index (χ3v) is 5.12. The summed E-state index contributed by atoms with van der Waals surface area (Å²) >= 11 is 0. The Morgan fingerprint density at radius 1 is 1.19 bits per heavy atom. The lowest BCUT2D eigenvalue weighted by Crippen LogP contribution is -2.40. The number of carboxylic acids is 1. The van der Waals surface area contributed by atoms with Crippen molar-refractivity contribution in [2.24, 2.45) is 5.92 Å². The van der Waals surface area contributed by atoms with Gasteiger partial charge in [-0.1, -0.05) is 19.8 Å². The highest BCUT2D eigenvalue weighted by Gasteiger charge is 2.37. The van der Waals surface area contributed by atoms with Gasteiger partial charge in [0.15, 0.2) is 0 Å². The molecule has 2 atom stereocenters. The molecular formula is C19H22N2O5. The number of unbranched alkanes of at least 4 members (excludes halogenated alkanes) is 1. The number of imide groups is 1. The van der Waals surface area contributed by atoms with Crippen molar-refractivity contribution in [2.45, 2.75) is 45.1 Å². The SMILES string of the molecule is CCCCN1C(=O)c2ccc(C(=O)N[C@@H]3CCC[C@@H]3C(=O)O)cc2C1=O. The molecule has 1 heterocycles. The van der Waals surface area contributed by atoms with E-state index in [4.69, 9.17) is 0 Å². The third kappa shape index (κ3) is 3.21. The molecule has 3 amide bonds. The first kappa shape index (κ1) is 18.1. The summed E-state index contributed by atoms with van der Waals surface area (Å²) in [7, 11) is 0. The maximum atomic E-state index is 12.5. The summed E-state index contributed by atoms with van der Waals surface area (Å²) in [5, 5.41) is 12.0. The predicted molar refractivity (Wildman–Crippen MR) is 92.9 cm³/mol.